The van der Waals surface area contributed by atoms with Gasteiger partial charge in [0.25, 0.3) is 0 Å². The van der Waals surface area contributed by atoms with E-state index in [9.17, 15) is 4.39 Å². The number of hydrogen-bond acceptors (Lipinski definition) is 3. The van der Waals surface area contributed by atoms with Crippen LogP contribution in [0.3, 0.4) is 0 Å². The van der Waals surface area contributed by atoms with E-state index in [-0.39, 0.29) is 11.5 Å². The van der Waals surface area contributed by atoms with E-state index in [4.69, 9.17) is 4.74 Å². The van der Waals surface area contributed by atoms with Gasteiger partial charge in [0.05, 0.1) is 6.61 Å². The molecule has 3 nitrogen and oxygen atoms in total. The van der Waals surface area contributed by atoms with Gasteiger partial charge in [-0.2, -0.15) is 0 Å². The predicted octanol–water partition coefficient (Wildman–Crippen LogP) is 5.46. The van der Waals surface area contributed by atoms with Crippen LogP contribution in [0, 0.1) is 11.7 Å². The molecule has 2 saturated heterocycles. The molecule has 2 aliphatic heterocycles. The van der Waals surface area contributed by atoms with E-state index in [1.807, 2.05) is 12.1 Å². The highest BCUT2D eigenvalue weighted by Crippen LogP contribution is 2.33. The van der Waals surface area contributed by atoms with Crippen molar-refractivity contribution in [3.05, 3.63) is 66.0 Å². The Morgan fingerprint density at radius 3 is 2.41 bits per heavy atom. The van der Waals surface area contributed by atoms with Crippen molar-refractivity contribution >= 4 is 5.69 Å². The maximum absolute atomic E-state index is 13.2. The van der Waals surface area contributed by atoms with Crippen molar-refractivity contribution in [3.8, 4) is 0 Å². The first-order chi connectivity index (χ1) is 14.1. The number of rotatable bonds is 6. The topological polar surface area (TPSA) is 15.7 Å². The molecular weight excluding hydrogens is 363 g/mol. The zero-order valence-corrected chi connectivity index (χ0v) is 17.5. The lowest BCUT2D eigenvalue weighted by Crippen LogP contribution is -2.53. The monoisotopic (exact) mass is 396 g/mol. The molecule has 0 saturated carbocycles. The summed E-state index contributed by atoms with van der Waals surface area (Å²) in [6, 6.07) is 17.4. The van der Waals surface area contributed by atoms with Crippen molar-refractivity contribution < 1.29 is 9.13 Å². The second-order valence-corrected chi connectivity index (χ2v) is 8.76. The zero-order chi connectivity index (χ0) is 20.1. The Labute approximate surface area is 174 Å². The van der Waals surface area contributed by atoms with Crippen molar-refractivity contribution in [2.24, 2.45) is 5.92 Å². The number of hydrogen-bond donors (Lipinski definition) is 0. The molecule has 2 aliphatic rings. The summed E-state index contributed by atoms with van der Waals surface area (Å²) in [4.78, 5) is 4.98. The van der Waals surface area contributed by atoms with E-state index < -0.39 is 0 Å². The molecule has 0 amide bonds. The highest BCUT2D eigenvalue weighted by Gasteiger charge is 2.37. The minimum atomic E-state index is -0.165. The van der Waals surface area contributed by atoms with E-state index in [1.165, 1.54) is 31.2 Å². The smallest absolute Gasteiger partial charge is 0.123 e. The molecule has 1 unspecified atom stereocenters. The lowest BCUT2D eigenvalue weighted by molar-refractivity contribution is -0.175. The molecule has 29 heavy (non-hydrogen) atoms. The normalized spacial score (nSPS) is 24.0. The van der Waals surface area contributed by atoms with E-state index in [2.05, 4.69) is 47.1 Å². The van der Waals surface area contributed by atoms with Gasteiger partial charge < -0.3 is 9.64 Å². The molecule has 2 aromatic carbocycles. The van der Waals surface area contributed by atoms with Gasteiger partial charge in [-0.05, 0) is 74.8 Å². The first-order valence-corrected chi connectivity index (χ1v) is 11.1. The summed E-state index contributed by atoms with van der Waals surface area (Å²) in [5, 5.41) is 0. The Morgan fingerprint density at radius 1 is 0.966 bits per heavy atom. The third-order valence-corrected chi connectivity index (χ3v) is 6.67. The van der Waals surface area contributed by atoms with Crippen molar-refractivity contribution in [1.29, 1.82) is 0 Å². The lowest BCUT2D eigenvalue weighted by atomic mass is 9.92. The van der Waals surface area contributed by atoms with Crippen molar-refractivity contribution in [2.45, 2.75) is 51.4 Å². The van der Waals surface area contributed by atoms with Gasteiger partial charge in [-0.15, -0.1) is 0 Å². The summed E-state index contributed by atoms with van der Waals surface area (Å²) in [5.41, 5.74) is 2.22. The van der Waals surface area contributed by atoms with Gasteiger partial charge >= 0.3 is 0 Å². The van der Waals surface area contributed by atoms with Crippen LogP contribution in [0.5, 0.6) is 0 Å². The first kappa shape index (κ1) is 20.4. The van der Waals surface area contributed by atoms with Crippen LogP contribution >= 0.6 is 0 Å². The van der Waals surface area contributed by atoms with Crippen molar-refractivity contribution in [1.82, 2.24) is 4.90 Å². The molecule has 1 atom stereocenters. The highest BCUT2D eigenvalue weighted by molar-refractivity contribution is 5.46. The Kier molecular flexibility index (Phi) is 6.51. The maximum Gasteiger partial charge on any atom is 0.123 e. The van der Waals surface area contributed by atoms with Crippen LogP contribution in [-0.4, -0.2) is 36.8 Å². The van der Waals surface area contributed by atoms with Gasteiger partial charge in [0.1, 0.15) is 11.5 Å². The Morgan fingerprint density at radius 2 is 1.69 bits per heavy atom. The molecular formula is C25H33FN2O. The fraction of sp³-hybridized carbons (Fsp3) is 0.520. The molecule has 0 aromatic heterocycles. The highest BCUT2D eigenvalue weighted by atomic mass is 19.1. The molecule has 2 aromatic rings. The number of likely N-dealkylation sites (tertiary alicyclic amines) is 1. The first-order valence-electron chi connectivity index (χ1n) is 11.1. The Hall–Kier alpha value is -1.91. The molecule has 2 fully saturated rings. The van der Waals surface area contributed by atoms with Gasteiger partial charge in [0.2, 0.25) is 0 Å². The third kappa shape index (κ3) is 5.18. The van der Waals surface area contributed by atoms with Gasteiger partial charge in [0.15, 0.2) is 0 Å². The minimum absolute atomic E-state index is 0.163. The SMILES string of the molecule is CC1(OCc2ccccc2)CCCCN1CC1CCN(c2ccc(F)cc2)CC1. The summed E-state index contributed by atoms with van der Waals surface area (Å²) >= 11 is 0. The van der Waals surface area contributed by atoms with E-state index >= 15 is 0 Å². The molecule has 0 spiro atoms. The molecule has 2 heterocycles. The second kappa shape index (κ2) is 9.27. The maximum atomic E-state index is 13.2. The molecule has 4 heteroatoms. The van der Waals surface area contributed by atoms with Gasteiger partial charge in [0, 0.05) is 31.9 Å². The van der Waals surface area contributed by atoms with E-state index in [0.29, 0.717) is 12.5 Å². The fourth-order valence-electron chi connectivity index (χ4n) is 4.75. The summed E-state index contributed by atoms with van der Waals surface area (Å²) in [6.45, 7) is 7.29. The van der Waals surface area contributed by atoms with Crippen LogP contribution in [0.2, 0.25) is 0 Å². The summed E-state index contributed by atoms with van der Waals surface area (Å²) in [6.07, 6.45) is 5.98. The average molecular weight is 397 g/mol. The van der Waals surface area contributed by atoms with Crippen LogP contribution in [-0.2, 0) is 11.3 Å². The molecule has 0 aliphatic carbocycles. The molecule has 0 bridgehead atoms. The quantitative estimate of drug-likeness (QED) is 0.645. The summed E-state index contributed by atoms with van der Waals surface area (Å²) < 4.78 is 19.7. The predicted molar refractivity (Wildman–Crippen MR) is 116 cm³/mol. The number of ether oxygens (including phenoxy) is 1. The van der Waals surface area contributed by atoms with Crippen LogP contribution in [0.1, 0.15) is 44.6 Å². The Balaban J connectivity index is 1.32. The number of anilines is 1. The largest absolute Gasteiger partial charge is 0.372 e. The zero-order valence-electron chi connectivity index (χ0n) is 17.5. The van der Waals surface area contributed by atoms with Gasteiger partial charge in [-0.1, -0.05) is 30.3 Å². The van der Waals surface area contributed by atoms with Gasteiger partial charge in [-0.3, -0.25) is 4.90 Å². The lowest BCUT2D eigenvalue weighted by Gasteiger charge is -2.47. The van der Waals surface area contributed by atoms with Crippen LogP contribution in [0.4, 0.5) is 10.1 Å². The molecule has 0 radical (unpaired) electrons. The molecule has 0 N–H and O–H groups in total. The minimum Gasteiger partial charge on any atom is -0.372 e. The second-order valence-electron chi connectivity index (χ2n) is 8.76. The average Bonchev–Trinajstić information content (AvgIpc) is 2.76. The summed E-state index contributed by atoms with van der Waals surface area (Å²) in [5.74, 6) is 0.535. The third-order valence-electron chi connectivity index (χ3n) is 6.67. The van der Waals surface area contributed by atoms with Crippen molar-refractivity contribution in [3.63, 3.8) is 0 Å². The van der Waals surface area contributed by atoms with Crippen LogP contribution in [0.15, 0.2) is 54.6 Å². The van der Waals surface area contributed by atoms with E-state index in [1.54, 1.807) is 12.1 Å². The van der Waals surface area contributed by atoms with Crippen molar-refractivity contribution in [2.75, 3.05) is 31.1 Å². The van der Waals surface area contributed by atoms with Gasteiger partial charge in [-0.25, -0.2) is 4.39 Å². The Bertz CT molecular complexity index is 758. The van der Waals surface area contributed by atoms with Crippen LogP contribution in [0.25, 0.3) is 0 Å². The number of halogens is 1. The van der Waals surface area contributed by atoms with Crippen LogP contribution < -0.4 is 4.90 Å². The number of nitrogens with zero attached hydrogens (tertiary/aromatic N) is 2. The standard InChI is InChI=1S/C25H33FN2O/c1-25(29-20-22-7-3-2-4-8-22)15-5-6-16-28(25)19-21-13-17-27(18-14-21)24-11-9-23(26)10-12-24/h2-4,7-12,21H,5-6,13-20H2,1H3. The fourth-order valence-corrected chi connectivity index (χ4v) is 4.75. The molecule has 156 valence electrons. The van der Waals surface area contributed by atoms with E-state index in [0.717, 1.165) is 38.3 Å². The summed E-state index contributed by atoms with van der Waals surface area (Å²) in [7, 11) is 0. The number of piperidine rings is 2. The number of benzene rings is 2. The molecule has 4 rings (SSSR count).